The third-order valence-electron chi connectivity index (χ3n) is 0.886. The molecule has 1 aromatic rings. The van der Waals surface area contributed by atoms with Crippen LogP contribution in [0.5, 0.6) is 5.75 Å². The molecule has 0 unspecified atom stereocenters. The van der Waals surface area contributed by atoms with Crippen molar-refractivity contribution in [1.82, 2.24) is 0 Å². The van der Waals surface area contributed by atoms with Crippen molar-refractivity contribution in [2.75, 3.05) is 0 Å². The van der Waals surface area contributed by atoms with Crippen LogP contribution < -0.4 is 4.18 Å². The molecule has 0 fully saturated rings. The quantitative estimate of drug-likeness (QED) is 0.624. The topological polar surface area (TPSA) is 57.8 Å². The lowest BCUT2D eigenvalue weighted by Crippen LogP contribution is -1.80. The summed E-state index contributed by atoms with van der Waals surface area (Å²) in [5, 5.41) is 0. The smallest absolute Gasteiger partial charge is 0.193 e. The summed E-state index contributed by atoms with van der Waals surface area (Å²) < 4.78 is 14.5. The molecule has 0 heterocycles. The third-order valence-corrected chi connectivity index (χ3v) is 1.17. The summed E-state index contributed by atoms with van der Waals surface area (Å²) >= 11 is -0.305. The van der Waals surface area contributed by atoms with Crippen LogP contribution >= 0.6 is 0 Å². The normalized spacial score (nSPS) is 8.00. The Labute approximate surface area is 62.6 Å². The van der Waals surface area contributed by atoms with E-state index in [2.05, 4.69) is 4.18 Å². The second kappa shape index (κ2) is 4.96. The second-order valence-electron chi connectivity index (χ2n) is 1.48. The van der Waals surface area contributed by atoms with Gasteiger partial charge in [0.15, 0.2) is 11.9 Å². The van der Waals surface area contributed by atoms with Crippen LogP contribution in [0.4, 0.5) is 0 Å². The molecule has 10 heavy (non-hydrogen) atoms. The molecule has 2 N–H and O–H groups in total. The summed E-state index contributed by atoms with van der Waals surface area (Å²) in [7, 11) is 0. The number of hydrogen-bond acceptors (Lipinski definition) is 2. The van der Waals surface area contributed by atoms with Gasteiger partial charge < -0.3 is 9.66 Å². The van der Waals surface area contributed by atoms with E-state index in [1.165, 1.54) is 0 Å². The fourth-order valence-corrected chi connectivity index (χ4v) is 0.732. The first kappa shape index (κ1) is 9.13. The molecule has 0 aliphatic heterocycles. The summed E-state index contributed by atoms with van der Waals surface area (Å²) in [5.41, 5.74) is 0. The second-order valence-corrected chi connectivity index (χ2v) is 1.81. The first-order valence-electron chi connectivity index (χ1n) is 2.48. The van der Waals surface area contributed by atoms with Crippen molar-refractivity contribution in [2.45, 2.75) is 0 Å². The maximum absolute atomic E-state index is 9.85. The highest BCUT2D eigenvalue weighted by Gasteiger charge is 1.84. The van der Waals surface area contributed by atoms with Crippen LogP contribution in [0, 0.1) is 0 Å². The summed E-state index contributed by atoms with van der Waals surface area (Å²) in [6.45, 7) is 0. The Morgan fingerprint density at radius 3 is 2.30 bits per heavy atom. The van der Waals surface area contributed by atoms with E-state index in [0.29, 0.717) is 5.75 Å². The van der Waals surface area contributed by atoms with Gasteiger partial charge in [-0.15, -0.1) is 0 Å². The van der Waals surface area contributed by atoms with Gasteiger partial charge in [-0.2, -0.15) is 0 Å². The molecule has 0 radical (unpaired) electrons. The molecular formula is C6H8O3S. The number of hydrogen-bond donors (Lipinski definition) is 1. The molecule has 0 amide bonds. The molecule has 0 saturated carbocycles. The van der Waals surface area contributed by atoms with Gasteiger partial charge in [0.1, 0.15) is 5.75 Å². The van der Waals surface area contributed by atoms with E-state index in [4.69, 9.17) is 0 Å². The third kappa shape index (κ3) is 2.61. The van der Waals surface area contributed by atoms with Crippen LogP contribution in [0.15, 0.2) is 30.3 Å². The molecule has 3 nitrogen and oxygen atoms in total. The van der Waals surface area contributed by atoms with Crippen LogP contribution in [0.1, 0.15) is 0 Å². The average Bonchev–Trinajstić information content (AvgIpc) is 1.91. The van der Waals surface area contributed by atoms with Gasteiger partial charge in [0.25, 0.3) is 0 Å². The Bertz CT molecular complexity index is 187. The highest BCUT2D eigenvalue weighted by Crippen LogP contribution is 2.06. The van der Waals surface area contributed by atoms with Crippen molar-refractivity contribution < 1.29 is 13.9 Å². The van der Waals surface area contributed by atoms with Crippen molar-refractivity contribution in [3.8, 4) is 5.75 Å². The number of benzene rings is 1. The Hall–Kier alpha value is -0.870. The minimum Gasteiger partial charge on any atom is -0.412 e. The van der Waals surface area contributed by atoms with Gasteiger partial charge in [0.05, 0.1) is 0 Å². The summed E-state index contributed by atoms with van der Waals surface area (Å²) in [4.78, 5) is 0. The van der Waals surface area contributed by atoms with E-state index in [9.17, 15) is 4.21 Å². The molecule has 0 spiro atoms. The Morgan fingerprint density at radius 2 is 1.80 bits per heavy atom. The van der Waals surface area contributed by atoms with Gasteiger partial charge >= 0.3 is 0 Å². The minimum atomic E-state index is -0.305. The lowest BCUT2D eigenvalue weighted by Gasteiger charge is -1.91. The van der Waals surface area contributed by atoms with Crippen LogP contribution in [-0.4, -0.2) is 9.69 Å². The van der Waals surface area contributed by atoms with Gasteiger partial charge in [-0.25, -0.2) is 4.21 Å². The van der Waals surface area contributed by atoms with Crippen molar-refractivity contribution in [2.24, 2.45) is 0 Å². The van der Waals surface area contributed by atoms with Gasteiger partial charge in [0.2, 0.25) is 0 Å². The molecule has 0 atom stereocenters. The average molecular weight is 160 g/mol. The number of rotatable bonds is 2. The zero-order chi connectivity index (χ0) is 6.53. The molecule has 4 heteroatoms. The Morgan fingerprint density at radius 1 is 1.20 bits per heavy atom. The molecule has 0 bridgehead atoms. The van der Waals surface area contributed by atoms with E-state index in [1.807, 2.05) is 18.2 Å². The standard InChI is InChI=1S/C6H6O2S.H2O/c7-9-8-6-4-2-1-3-5-6;/h1-5,9H;1H2. The van der Waals surface area contributed by atoms with Gasteiger partial charge in [0, 0.05) is 0 Å². The van der Waals surface area contributed by atoms with Gasteiger partial charge in [-0.3, -0.25) is 0 Å². The Balaban J connectivity index is 0.000000810. The van der Waals surface area contributed by atoms with E-state index < -0.39 is 0 Å². The predicted octanol–water partition coefficient (Wildman–Crippen LogP) is 0.101. The molecule has 0 saturated heterocycles. The lowest BCUT2D eigenvalue weighted by molar-refractivity contribution is 0.582. The first-order valence-corrected chi connectivity index (χ1v) is 3.21. The molecular weight excluding hydrogens is 152 g/mol. The highest BCUT2D eigenvalue weighted by molar-refractivity contribution is 7.60. The van der Waals surface area contributed by atoms with Gasteiger partial charge in [-0.1, -0.05) is 18.2 Å². The fraction of sp³-hybridized carbons (Fsp3) is 0. The van der Waals surface area contributed by atoms with Crippen molar-refractivity contribution in [3.05, 3.63) is 30.3 Å². The Kier molecular flexibility index (Phi) is 4.53. The molecule has 0 aliphatic carbocycles. The summed E-state index contributed by atoms with van der Waals surface area (Å²) in [6, 6.07) is 8.99. The predicted molar refractivity (Wildman–Crippen MR) is 40.2 cm³/mol. The maximum Gasteiger partial charge on any atom is 0.193 e. The zero-order valence-corrected chi connectivity index (χ0v) is 6.04. The highest BCUT2D eigenvalue weighted by atomic mass is 32.2. The van der Waals surface area contributed by atoms with E-state index in [1.54, 1.807) is 12.1 Å². The minimum absolute atomic E-state index is 0. The van der Waals surface area contributed by atoms with Gasteiger partial charge in [-0.05, 0) is 12.1 Å². The van der Waals surface area contributed by atoms with Crippen LogP contribution in [-0.2, 0) is 11.9 Å². The van der Waals surface area contributed by atoms with E-state index in [0.717, 1.165) is 0 Å². The monoisotopic (exact) mass is 160 g/mol. The largest absolute Gasteiger partial charge is 0.412 e. The van der Waals surface area contributed by atoms with E-state index in [-0.39, 0.29) is 17.4 Å². The molecule has 0 aliphatic rings. The molecule has 1 rings (SSSR count). The number of para-hydroxylation sites is 1. The van der Waals surface area contributed by atoms with Crippen molar-refractivity contribution >= 4 is 11.9 Å². The maximum atomic E-state index is 9.85. The SMILES string of the molecule is O.O=[SH]Oc1ccccc1. The molecule has 0 aromatic heterocycles. The van der Waals surface area contributed by atoms with Crippen LogP contribution in [0.3, 0.4) is 0 Å². The van der Waals surface area contributed by atoms with Crippen molar-refractivity contribution in [3.63, 3.8) is 0 Å². The summed E-state index contributed by atoms with van der Waals surface area (Å²) in [6.07, 6.45) is 0. The lowest BCUT2D eigenvalue weighted by atomic mass is 10.3. The molecule has 1 aromatic carbocycles. The van der Waals surface area contributed by atoms with Crippen LogP contribution in [0.2, 0.25) is 0 Å². The number of thiol groups is 1. The fourth-order valence-electron chi connectivity index (χ4n) is 0.524. The van der Waals surface area contributed by atoms with Crippen molar-refractivity contribution in [1.29, 1.82) is 0 Å². The van der Waals surface area contributed by atoms with E-state index >= 15 is 0 Å². The van der Waals surface area contributed by atoms with Crippen LogP contribution in [0.25, 0.3) is 0 Å². The first-order chi connectivity index (χ1) is 4.43. The summed E-state index contributed by atoms with van der Waals surface area (Å²) in [5.74, 6) is 0.620. The zero-order valence-electron chi connectivity index (χ0n) is 5.15. The molecule has 56 valence electrons.